The molecule has 8 nitrogen and oxygen atoms in total. The minimum absolute atomic E-state index is 0.0281. The first-order valence-corrected chi connectivity index (χ1v) is 7.85. The molecule has 0 unspecified atom stereocenters. The molecule has 1 saturated heterocycles. The second-order valence-electron chi connectivity index (χ2n) is 5.26. The van der Waals surface area contributed by atoms with E-state index < -0.39 is 6.04 Å². The third-order valence-corrected chi connectivity index (χ3v) is 4.21. The topological polar surface area (TPSA) is 102 Å². The van der Waals surface area contributed by atoms with Gasteiger partial charge in [0.1, 0.15) is 29.0 Å². The number of hydrogen-bond acceptors (Lipinski definition) is 6. The lowest BCUT2D eigenvalue weighted by Gasteiger charge is -2.32. The van der Waals surface area contributed by atoms with E-state index in [-0.39, 0.29) is 16.7 Å². The number of amides is 1. The third kappa shape index (κ3) is 2.94. The second-order valence-corrected chi connectivity index (χ2v) is 5.63. The van der Waals surface area contributed by atoms with E-state index in [0.29, 0.717) is 25.3 Å². The molecule has 0 bridgehead atoms. The van der Waals surface area contributed by atoms with Gasteiger partial charge in [-0.2, -0.15) is 5.10 Å². The standard InChI is InChI=1S/C14H18ClN7O/c1-2-22-10(5-6-19-22)21-7-3-4-9(14(21)23)20-13-11(15)12(16)17-8-18-13/h5-6,8-9H,2-4,7H2,1H3,(H3,16,17,18,20)/t9-/m0/s1. The highest BCUT2D eigenvalue weighted by molar-refractivity contribution is 6.35. The molecule has 23 heavy (non-hydrogen) atoms. The van der Waals surface area contributed by atoms with E-state index in [4.69, 9.17) is 17.3 Å². The molecule has 0 spiro atoms. The van der Waals surface area contributed by atoms with E-state index in [2.05, 4.69) is 20.4 Å². The van der Waals surface area contributed by atoms with Gasteiger partial charge in [-0.15, -0.1) is 0 Å². The SMILES string of the molecule is CCn1nccc1N1CCC[C@H](Nc2ncnc(N)c2Cl)C1=O. The van der Waals surface area contributed by atoms with Crippen molar-refractivity contribution < 1.29 is 4.79 Å². The molecule has 1 aliphatic heterocycles. The maximum Gasteiger partial charge on any atom is 0.250 e. The summed E-state index contributed by atoms with van der Waals surface area (Å²) in [6.07, 6.45) is 4.60. The largest absolute Gasteiger partial charge is 0.382 e. The van der Waals surface area contributed by atoms with Gasteiger partial charge in [0.15, 0.2) is 5.82 Å². The Hall–Kier alpha value is -2.35. The van der Waals surface area contributed by atoms with Crippen LogP contribution in [0.15, 0.2) is 18.6 Å². The molecule has 0 aliphatic carbocycles. The molecule has 122 valence electrons. The summed E-state index contributed by atoms with van der Waals surface area (Å²) in [5.41, 5.74) is 5.67. The maximum absolute atomic E-state index is 12.8. The molecule has 1 aliphatic rings. The van der Waals surface area contributed by atoms with Crippen molar-refractivity contribution in [1.29, 1.82) is 0 Å². The van der Waals surface area contributed by atoms with Crippen LogP contribution in [0, 0.1) is 0 Å². The van der Waals surface area contributed by atoms with Crippen LogP contribution in [0.4, 0.5) is 17.5 Å². The van der Waals surface area contributed by atoms with Gasteiger partial charge in [0, 0.05) is 19.2 Å². The number of anilines is 3. The van der Waals surface area contributed by atoms with Gasteiger partial charge >= 0.3 is 0 Å². The van der Waals surface area contributed by atoms with E-state index in [0.717, 1.165) is 12.2 Å². The Morgan fingerprint density at radius 3 is 3.09 bits per heavy atom. The van der Waals surface area contributed by atoms with Crippen LogP contribution in [0.3, 0.4) is 0 Å². The fourth-order valence-corrected chi connectivity index (χ4v) is 2.84. The summed E-state index contributed by atoms with van der Waals surface area (Å²) in [5.74, 6) is 1.34. The number of nitrogens with two attached hydrogens (primary N) is 1. The maximum atomic E-state index is 12.8. The Balaban J connectivity index is 1.81. The van der Waals surface area contributed by atoms with Crippen molar-refractivity contribution in [2.24, 2.45) is 0 Å². The van der Waals surface area contributed by atoms with Gasteiger partial charge in [0.25, 0.3) is 5.91 Å². The predicted octanol–water partition coefficient (Wildman–Crippen LogP) is 1.54. The lowest BCUT2D eigenvalue weighted by atomic mass is 10.0. The normalized spacial score (nSPS) is 18.3. The minimum atomic E-state index is -0.407. The number of aryl methyl sites for hydroxylation is 1. The Bertz CT molecular complexity index is 717. The molecule has 1 atom stereocenters. The number of carbonyl (C=O) groups excluding carboxylic acids is 1. The minimum Gasteiger partial charge on any atom is -0.382 e. The monoisotopic (exact) mass is 335 g/mol. The number of rotatable bonds is 4. The molecular weight excluding hydrogens is 318 g/mol. The fourth-order valence-electron chi connectivity index (χ4n) is 2.68. The number of aromatic nitrogens is 4. The van der Waals surface area contributed by atoms with E-state index in [1.807, 2.05) is 13.0 Å². The first-order chi connectivity index (χ1) is 11.1. The van der Waals surface area contributed by atoms with Gasteiger partial charge in [-0.1, -0.05) is 11.6 Å². The van der Waals surface area contributed by atoms with Crippen molar-refractivity contribution in [2.45, 2.75) is 32.4 Å². The molecule has 3 N–H and O–H groups in total. The molecule has 1 fully saturated rings. The Morgan fingerprint density at radius 2 is 2.30 bits per heavy atom. The van der Waals surface area contributed by atoms with Crippen LogP contribution in [0.25, 0.3) is 0 Å². The van der Waals surface area contributed by atoms with E-state index in [1.54, 1.807) is 15.8 Å². The third-order valence-electron chi connectivity index (χ3n) is 3.84. The van der Waals surface area contributed by atoms with Crippen LogP contribution in [0.1, 0.15) is 19.8 Å². The molecule has 3 rings (SSSR count). The summed E-state index contributed by atoms with van der Waals surface area (Å²) in [6, 6.07) is 1.44. The lowest BCUT2D eigenvalue weighted by Crippen LogP contribution is -2.48. The number of piperidine rings is 1. The number of halogens is 1. The van der Waals surface area contributed by atoms with Crippen LogP contribution in [0.5, 0.6) is 0 Å². The summed E-state index contributed by atoms with van der Waals surface area (Å²) in [6.45, 7) is 3.37. The average Bonchev–Trinajstić information content (AvgIpc) is 3.02. The highest BCUT2D eigenvalue weighted by Gasteiger charge is 2.31. The fraction of sp³-hybridized carbons (Fsp3) is 0.429. The van der Waals surface area contributed by atoms with Gasteiger partial charge in [-0.3, -0.25) is 9.69 Å². The quantitative estimate of drug-likeness (QED) is 0.878. The lowest BCUT2D eigenvalue weighted by molar-refractivity contribution is -0.120. The highest BCUT2D eigenvalue weighted by atomic mass is 35.5. The first kappa shape index (κ1) is 15.5. The zero-order valence-electron chi connectivity index (χ0n) is 12.7. The van der Waals surface area contributed by atoms with Gasteiger partial charge in [0.2, 0.25) is 0 Å². The molecule has 0 radical (unpaired) electrons. The molecular formula is C14H18ClN7O. The Labute approximate surface area is 138 Å². The zero-order chi connectivity index (χ0) is 16.4. The molecule has 0 aromatic carbocycles. The van der Waals surface area contributed by atoms with Crippen molar-refractivity contribution in [3.63, 3.8) is 0 Å². The second kappa shape index (κ2) is 6.41. The van der Waals surface area contributed by atoms with Crippen molar-refractivity contribution in [3.8, 4) is 0 Å². The smallest absolute Gasteiger partial charge is 0.250 e. The van der Waals surface area contributed by atoms with Crippen LogP contribution < -0.4 is 16.0 Å². The first-order valence-electron chi connectivity index (χ1n) is 7.47. The number of carbonyl (C=O) groups is 1. The molecule has 9 heteroatoms. The van der Waals surface area contributed by atoms with Crippen molar-refractivity contribution in [3.05, 3.63) is 23.6 Å². The number of nitrogens with zero attached hydrogens (tertiary/aromatic N) is 5. The van der Waals surface area contributed by atoms with Crippen LogP contribution in [0.2, 0.25) is 5.02 Å². The van der Waals surface area contributed by atoms with Gasteiger partial charge in [-0.25, -0.2) is 14.6 Å². The van der Waals surface area contributed by atoms with E-state index >= 15 is 0 Å². The van der Waals surface area contributed by atoms with Gasteiger partial charge < -0.3 is 11.1 Å². The van der Waals surface area contributed by atoms with E-state index in [1.165, 1.54) is 6.33 Å². The Morgan fingerprint density at radius 1 is 1.48 bits per heavy atom. The van der Waals surface area contributed by atoms with Crippen LogP contribution >= 0.6 is 11.6 Å². The average molecular weight is 336 g/mol. The molecule has 0 saturated carbocycles. The van der Waals surface area contributed by atoms with Crippen molar-refractivity contribution in [2.75, 3.05) is 22.5 Å². The zero-order valence-corrected chi connectivity index (χ0v) is 13.5. The highest BCUT2D eigenvalue weighted by Crippen LogP contribution is 2.27. The van der Waals surface area contributed by atoms with Crippen molar-refractivity contribution in [1.82, 2.24) is 19.7 Å². The Kier molecular flexibility index (Phi) is 4.33. The number of nitrogens with one attached hydrogen (secondary N) is 1. The van der Waals surface area contributed by atoms with Crippen LogP contribution in [-0.4, -0.2) is 38.2 Å². The predicted molar refractivity (Wildman–Crippen MR) is 88.4 cm³/mol. The van der Waals surface area contributed by atoms with Crippen molar-refractivity contribution >= 4 is 35.0 Å². The van der Waals surface area contributed by atoms with E-state index in [9.17, 15) is 4.79 Å². The number of hydrogen-bond donors (Lipinski definition) is 2. The summed E-state index contributed by atoms with van der Waals surface area (Å²) < 4.78 is 1.80. The summed E-state index contributed by atoms with van der Waals surface area (Å²) in [4.78, 5) is 22.4. The number of nitrogen functional groups attached to an aromatic ring is 1. The van der Waals surface area contributed by atoms with Gasteiger partial charge in [-0.05, 0) is 19.8 Å². The molecule has 3 heterocycles. The summed E-state index contributed by atoms with van der Waals surface area (Å²) >= 11 is 6.09. The molecule has 2 aromatic rings. The molecule has 1 amide bonds. The van der Waals surface area contributed by atoms with Crippen LogP contribution in [-0.2, 0) is 11.3 Å². The molecule has 2 aromatic heterocycles. The summed E-state index contributed by atoms with van der Waals surface area (Å²) in [5, 5.41) is 7.54. The summed E-state index contributed by atoms with van der Waals surface area (Å²) in [7, 11) is 0. The van der Waals surface area contributed by atoms with Gasteiger partial charge in [0.05, 0.1) is 6.20 Å².